The van der Waals surface area contributed by atoms with E-state index in [2.05, 4.69) is 6.58 Å². The van der Waals surface area contributed by atoms with E-state index in [1.807, 2.05) is 6.07 Å². The third-order valence-electron chi connectivity index (χ3n) is 5.74. The third-order valence-corrected chi connectivity index (χ3v) is 5.74. The molecule has 2 aliphatic heterocycles. The largest absolute Gasteiger partial charge is 0.395 e. The Morgan fingerprint density at radius 1 is 1.27 bits per heavy atom. The number of carbonyl (C=O) groups is 2. The molecule has 0 radical (unpaired) electrons. The third kappa shape index (κ3) is 3.51. The molecule has 5 nitrogen and oxygen atoms in total. The predicted molar refractivity (Wildman–Crippen MR) is 95.9 cm³/mol. The van der Waals surface area contributed by atoms with Gasteiger partial charge in [0.1, 0.15) is 5.82 Å². The van der Waals surface area contributed by atoms with E-state index in [1.165, 1.54) is 18.2 Å². The van der Waals surface area contributed by atoms with Crippen LogP contribution in [0.25, 0.3) is 0 Å². The van der Waals surface area contributed by atoms with Crippen molar-refractivity contribution >= 4 is 11.8 Å². The molecule has 1 unspecified atom stereocenters. The average molecular weight is 360 g/mol. The van der Waals surface area contributed by atoms with Crippen molar-refractivity contribution < 1.29 is 19.1 Å². The van der Waals surface area contributed by atoms with Crippen LogP contribution in [0.4, 0.5) is 4.39 Å². The summed E-state index contributed by atoms with van der Waals surface area (Å²) in [6.07, 6.45) is 3.20. The van der Waals surface area contributed by atoms with Crippen molar-refractivity contribution in [2.45, 2.75) is 24.7 Å². The highest BCUT2D eigenvalue weighted by molar-refractivity contribution is 5.87. The second kappa shape index (κ2) is 7.58. The van der Waals surface area contributed by atoms with Crippen LogP contribution in [0.5, 0.6) is 0 Å². The molecule has 2 fully saturated rings. The molecule has 1 atom stereocenters. The van der Waals surface area contributed by atoms with Gasteiger partial charge in [-0.1, -0.05) is 18.7 Å². The summed E-state index contributed by atoms with van der Waals surface area (Å²) in [5.74, 6) is -0.463. The molecular formula is C20H25FN2O3. The number of amides is 2. The van der Waals surface area contributed by atoms with Gasteiger partial charge in [0.15, 0.2) is 0 Å². The monoisotopic (exact) mass is 360 g/mol. The van der Waals surface area contributed by atoms with E-state index in [0.717, 1.165) is 5.56 Å². The van der Waals surface area contributed by atoms with Gasteiger partial charge in [0.2, 0.25) is 11.8 Å². The van der Waals surface area contributed by atoms with E-state index in [0.29, 0.717) is 45.4 Å². The molecule has 0 aromatic heterocycles. The van der Waals surface area contributed by atoms with Crippen LogP contribution in [0.2, 0.25) is 0 Å². The number of hydrogen-bond acceptors (Lipinski definition) is 3. The summed E-state index contributed by atoms with van der Waals surface area (Å²) in [6, 6.07) is 6.28. The quantitative estimate of drug-likeness (QED) is 0.832. The van der Waals surface area contributed by atoms with Crippen molar-refractivity contribution in [1.29, 1.82) is 0 Å². The van der Waals surface area contributed by atoms with E-state index < -0.39 is 5.41 Å². The topological polar surface area (TPSA) is 60.9 Å². The molecule has 2 aliphatic rings. The number of rotatable bonds is 4. The molecule has 0 saturated carbocycles. The number of carbonyl (C=O) groups excluding carboxylic acids is 2. The normalized spacial score (nSPS) is 23.9. The first-order valence-corrected chi connectivity index (χ1v) is 9.06. The Balaban J connectivity index is 1.65. The van der Waals surface area contributed by atoms with Crippen LogP contribution in [0, 0.1) is 11.7 Å². The Bertz CT molecular complexity index is 700. The zero-order valence-corrected chi connectivity index (χ0v) is 14.9. The number of aliphatic hydroxyl groups excluding tert-OH is 1. The standard InChI is InChI=1S/C20H25FN2O3/c1-2-18(25)22-9-6-15(7-10-22)19(26)23-11-8-20(13-23,14-24)16-4-3-5-17(21)12-16/h2-5,12,15,24H,1,6-11,13-14H2. The number of nitrogens with zero attached hydrogens (tertiary/aromatic N) is 2. The minimum absolute atomic E-state index is 0.0717. The van der Waals surface area contributed by atoms with Crippen LogP contribution in [0.3, 0.4) is 0 Å². The van der Waals surface area contributed by atoms with E-state index in [-0.39, 0.29) is 30.2 Å². The Labute approximate surface area is 153 Å². The maximum Gasteiger partial charge on any atom is 0.245 e. The van der Waals surface area contributed by atoms with Crippen LogP contribution >= 0.6 is 0 Å². The lowest BCUT2D eigenvalue weighted by atomic mass is 9.80. The number of benzene rings is 1. The van der Waals surface area contributed by atoms with Crippen molar-refractivity contribution in [1.82, 2.24) is 9.80 Å². The van der Waals surface area contributed by atoms with E-state index >= 15 is 0 Å². The predicted octanol–water partition coefficient (Wildman–Crippen LogP) is 1.71. The molecule has 0 aliphatic carbocycles. The summed E-state index contributed by atoms with van der Waals surface area (Å²) < 4.78 is 13.6. The molecule has 2 saturated heterocycles. The Hall–Kier alpha value is -2.21. The lowest BCUT2D eigenvalue weighted by Gasteiger charge is -2.33. The molecule has 6 heteroatoms. The highest BCUT2D eigenvalue weighted by Gasteiger charge is 2.42. The van der Waals surface area contributed by atoms with E-state index in [1.54, 1.807) is 15.9 Å². The minimum Gasteiger partial charge on any atom is -0.395 e. The molecular weight excluding hydrogens is 335 g/mol. The van der Waals surface area contributed by atoms with Crippen LogP contribution in [-0.4, -0.2) is 59.5 Å². The first-order chi connectivity index (χ1) is 12.5. The number of halogens is 1. The lowest BCUT2D eigenvalue weighted by molar-refractivity contribution is -0.138. The molecule has 0 bridgehead atoms. The van der Waals surface area contributed by atoms with Gasteiger partial charge in [0.25, 0.3) is 0 Å². The maximum absolute atomic E-state index is 13.6. The number of aliphatic hydroxyl groups is 1. The lowest BCUT2D eigenvalue weighted by Crippen LogP contribution is -2.44. The van der Waals surface area contributed by atoms with Gasteiger partial charge < -0.3 is 14.9 Å². The molecule has 26 heavy (non-hydrogen) atoms. The highest BCUT2D eigenvalue weighted by atomic mass is 19.1. The molecule has 1 N–H and O–H groups in total. The molecule has 140 valence electrons. The van der Waals surface area contributed by atoms with Crippen molar-refractivity contribution in [3.8, 4) is 0 Å². The summed E-state index contributed by atoms with van der Waals surface area (Å²) in [6.45, 7) is 5.45. The van der Waals surface area contributed by atoms with E-state index in [4.69, 9.17) is 0 Å². The van der Waals surface area contributed by atoms with E-state index in [9.17, 15) is 19.1 Å². The van der Waals surface area contributed by atoms with Crippen LogP contribution in [-0.2, 0) is 15.0 Å². The van der Waals surface area contributed by atoms with Gasteiger partial charge in [0, 0.05) is 37.5 Å². The highest BCUT2D eigenvalue weighted by Crippen LogP contribution is 2.36. The van der Waals surface area contributed by atoms with Gasteiger partial charge in [-0.05, 0) is 43.0 Å². The Morgan fingerprint density at radius 3 is 2.62 bits per heavy atom. The van der Waals surface area contributed by atoms with Gasteiger partial charge in [0.05, 0.1) is 6.61 Å². The molecule has 3 rings (SSSR count). The van der Waals surface area contributed by atoms with Gasteiger partial charge in [-0.15, -0.1) is 0 Å². The Kier molecular flexibility index (Phi) is 5.41. The fraction of sp³-hybridized carbons (Fsp3) is 0.500. The van der Waals surface area contributed by atoms with Gasteiger partial charge >= 0.3 is 0 Å². The molecule has 1 aromatic carbocycles. The first-order valence-electron chi connectivity index (χ1n) is 9.06. The van der Waals surface area contributed by atoms with Gasteiger partial charge in [-0.2, -0.15) is 0 Å². The van der Waals surface area contributed by atoms with Crippen molar-refractivity contribution in [2.24, 2.45) is 5.92 Å². The second-order valence-corrected chi connectivity index (χ2v) is 7.26. The summed E-state index contributed by atoms with van der Waals surface area (Å²) in [7, 11) is 0. The van der Waals surface area contributed by atoms with Crippen molar-refractivity contribution in [3.05, 3.63) is 48.3 Å². The fourth-order valence-electron chi connectivity index (χ4n) is 4.07. The minimum atomic E-state index is -0.600. The number of likely N-dealkylation sites (tertiary alicyclic amines) is 2. The summed E-state index contributed by atoms with van der Waals surface area (Å²) in [4.78, 5) is 28.1. The SMILES string of the molecule is C=CC(=O)N1CCC(C(=O)N2CCC(CO)(c3cccc(F)c3)C2)CC1. The average Bonchev–Trinajstić information content (AvgIpc) is 3.13. The van der Waals surface area contributed by atoms with Crippen molar-refractivity contribution in [3.63, 3.8) is 0 Å². The van der Waals surface area contributed by atoms with Crippen LogP contribution in [0.1, 0.15) is 24.8 Å². The second-order valence-electron chi connectivity index (χ2n) is 7.26. The molecule has 1 aromatic rings. The van der Waals surface area contributed by atoms with Crippen LogP contribution in [0.15, 0.2) is 36.9 Å². The van der Waals surface area contributed by atoms with Gasteiger partial charge in [-0.3, -0.25) is 9.59 Å². The Morgan fingerprint density at radius 2 is 2.00 bits per heavy atom. The number of hydrogen-bond donors (Lipinski definition) is 1. The fourth-order valence-corrected chi connectivity index (χ4v) is 4.07. The smallest absolute Gasteiger partial charge is 0.245 e. The molecule has 2 heterocycles. The maximum atomic E-state index is 13.6. The zero-order valence-electron chi connectivity index (χ0n) is 14.9. The number of piperidine rings is 1. The summed E-state index contributed by atoms with van der Waals surface area (Å²) in [5, 5.41) is 9.98. The molecule has 2 amide bonds. The summed E-state index contributed by atoms with van der Waals surface area (Å²) in [5.41, 5.74) is 0.138. The van der Waals surface area contributed by atoms with Gasteiger partial charge in [-0.25, -0.2) is 4.39 Å². The van der Waals surface area contributed by atoms with Crippen molar-refractivity contribution in [2.75, 3.05) is 32.8 Å². The van der Waals surface area contributed by atoms with Crippen LogP contribution < -0.4 is 0 Å². The zero-order chi connectivity index (χ0) is 18.7. The molecule has 0 spiro atoms. The first kappa shape index (κ1) is 18.6. The summed E-state index contributed by atoms with van der Waals surface area (Å²) >= 11 is 0.